The van der Waals surface area contributed by atoms with Crippen LogP contribution in [0.2, 0.25) is 0 Å². The second-order valence-corrected chi connectivity index (χ2v) is 5.62. The fourth-order valence-corrected chi connectivity index (χ4v) is 2.32. The average molecular weight is 317 g/mol. The summed E-state index contributed by atoms with van der Waals surface area (Å²) in [5.74, 6) is 0.109. The number of nitrogens with one attached hydrogen (secondary N) is 1. The number of benzene rings is 1. The summed E-state index contributed by atoms with van der Waals surface area (Å²) in [5.41, 5.74) is 0.139. The Bertz CT molecular complexity index is 477. The van der Waals surface area contributed by atoms with Gasteiger partial charge < -0.3 is 5.32 Å². The fourth-order valence-electron chi connectivity index (χ4n) is 1.98. The maximum Gasteiger partial charge on any atom is 0.295 e. The van der Waals surface area contributed by atoms with Gasteiger partial charge in [0.1, 0.15) is 11.5 Å². The van der Waals surface area contributed by atoms with E-state index in [1.54, 1.807) is 0 Å². The molecule has 2 rings (SSSR count). The van der Waals surface area contributed by atoms with Gasteiger partial charge in [-0.3, -0.25) is 10.1 Å². The Morgan fingerprint density at radius 1 is 1.61 bits per heavy atom. The van der Waals surface area contributed by atoms with Crippen molar-refractivity contribution in [2.45, 2.75) is 32.2 Å². The van der Waals surface area contributed by atoms with E-state index in [4.69, 9.17) is 0 Å². The first-order chi connectivity index (χ1) is 8.47. The summed E-state index contributed by atoms with van der Waals surface area (Å²) >= 11 is 3.04. The van der Waals surface area contributed by atoms with Crippen molar-refractivity contribution in [1.82, 2.24) is 0 Å². The number of halogens is 2. The molecule has 1 unspecified atom stereocenters. The van der Waals surface area contributed by atoms with Crippen molar-refractivity contribution >= 4 is 27.3 Å². The minimum absolute atomic E-state index is 0.147. The third kappa shape index (κ3) is 3.19. The molecule has 6 heteroatoms. The van der Waals surface area contributed by atoms with Crippen LogP contribution >= 0.6 is 15.9 Å². The second-order valence-electron chi connectivity index (χ2n) is 4.77. The van der Waals surface area contributed by atoms with Crippen LogP contribution in [0.3, 0.4) is 0 Å². The normalized spacial score (nSPS) is 16.4. The van der Waals surface area contributed by atoms with Gasteiger partial charge in [-0.1, -0.05) is 12.8 Å². The van der Waals surface area contributed by atoms with Crippen LogP contribution in [0.15, 0.2) is 16.6 Å². The molecule has 1 fully saturated rings. The summed E-state index contributed by atoms with van der Waals surface area (Å²) in [7, 11) is 0. The van der Waals surface area contributed by atoms with Gasteiger partial charge in [0.25, 0.3) is 5.69 Å². The Morgan fingerprint density at radius 3 is 2.83 bits per heavy atom. The van der Waals surface area contributed by atoms with Crippen molar-refractivity contribution in [2.75, 3.05) is 5.32 Å². The quantitative estimate of drug-likeness (QED) is 0.657. The van der Waals surface area contributed by atoms with Crippen molar-refractivity contribution < 1.29 is 9.31 Å². The summed E-state index contributed by atoms with van der Waals surface area (Å²) in [6, 6.07) is 2.51. The van der Waals surface area contributed by atoms with Crippen LogP contribution in [-0.4, -0.2) is 11.0 Å². The van der Waals surface area contributed by atoms with Crippen LogP contribution in [0, 0.1) is 21.8 Å². The van der Waals surface area contributed by atoms with Crippen molar-refractivity contribution in [3.05, 3.63) is 32.5 Å². The van der Waals surface area contributed by atoms with Crippen LogP contribution < -0.4 is 5.32 Å². The van der Waals surface area contributed by atoms with Gasteiger partial charge >= 0.3 is 0 Å². The lowest BCUT2D eigenvalue weighted by Gasteiger charge is -2.15. The number of rotatable bonds is 5. The SMILES string of the molecule is CC(CC1CC1)Nc1cc(Br)c(F)cc1[N+](=O)[O-]. The summed E-state index contributed by atoms with van der Waals surface area (Å²) in [4.78, 5) is 10.3. The Balaban J connectivity index is 2.18. The Kier molecular flexibility index (Phi) is 3.85. The first kappa shape index (κ1) is 13.3. The highest BCUT2D eigenvalue weighted by molar-refractivity contribution is 9.10. The molecule has 1 aromatic carbocycles. The largest absolute Gasteiger partial charge is 0.377 e. The zero-order valence-corrected chi connectivity index (χ0v) is 11.5. The van der Waals surface area contributed by atoms with Crippen molar-refractivity contribution in [3.8, 4) is 0 Å². The van der Waals surface area contributed by atoms with Crippen molar-refractivity contribution in [1.29, 1.82) is 0 Å². The topological polar surface area (TPSA) is 55.2 Å². The van der Waals surface area contributed by atoms with Crippen LogP contribution in [0.5, 0.6) is 0 Å². The molecule has 98 valence electrons. The Hall–Kier alpha value is -1.17. The third-order valence-electron chi connectivity index (χ3n) is 3.02. The lowest BCUT2D eigenvalue weighted by Crippen LogP contribution is -2.16. The minimum Gasteiger partial charge on any atom is -0.377 e. The lowest BCUT2D eigenvalue weighted by molar-refractivity contribution is -0.384. The van der Waals surface area contributed by atoms with E-state index < -0.39 is 10.7 Å². The van der Waals surface area contributed by atoms with Crippen LogP contribution in [0.25, 0.3) is 0 Å². The van der Waals surface area contributed by atoms with E-state index in [2.05, 4.69) is 21.2 Å². The van der Waals surface area contributed by atoms with Crippen LogP contribution in [0.4, 0.5) is 15.8 Å². The van der Waals surface area contributed by atoms with Gasteiger partial charge in [0.05, 0.1) is 15.5 Å². The molecular weight excluding hydrogens is 303 g/mol. The summed E-state index contributed by atoms with van der Waals surface area (Å²) < 4.78 is 13.5. The summed E-state index contributed by atoms with van der Waals surface area (Å²) in [6.07, 6.45) is 3.47. The molecule has 18 heavy (non-hydrogen) atoms. The molecule has 0 bridgehead atoms. The number of hydrogen-bond acceptors (Lipinski definition) is 3. The molecule has 0 aromatic heterocycles. The van der Waals surface area contributed by atoms with Gasteiger partial charge in [0, 0.05) is 6.04 Å². The summed E-state index contributed by atoms with van der Waals surface area (Å²) in [6.45, 7) is 1.99. The van der Waals surface area contributed by atoms with E-state index in [0.717, 1.165) is 18.4 Å². The first-order valence-corrected chi connectivity index (χ1v) is 6.66. The fraction of sp³-hybridized carbons (Fsp3) is 0.500. The van der Waals surface area contributed by atoms with E-state index in [0.29, 0.717) is 5.69 Å². The smallest absolute Gasteiger partial charge is 0.295 e. The van der Waals surface area contributed by atoms with Gasteiger partial charge in [-0.25, -0.2) is 4.39 Å². The number of nitro groups is 1. The monoisotopic (exact) mass is 316 g/mol. The molecule has 1 atom stereocenters. The van der Waals surface area contributed by atoms with E-state index in [1.165, 1.54) is 18.9 Å². The summed E-state index contributed by atoms with van der Waals surface area (Å²) in [5, 5.41) is 14.0. The number of nitro benzene ring substituents is 1. The molecule has 1 N–H and O–H groups in total. The zero-order valence-electron chi connectivity index (χ0n) is 9.95. The number of nitrogens with zero attached hydrogens (tertiary/aromatic N) is 1. The van der Waals surface area contributed by atoms with Gasteiger partial charge in [0.15, 0.2) is 0 Å². The average Bonchev–Trinajstić information content (AvgIpc) is 3.06. The molecule has 1 aliphatic rings. The molecule has 1 aliphatic carbocycles. The molecule has 1 aromatic rings. The number of hydrogen-bond donors (Lipinski definition) is 1. The van der Waals surface area contributed by atoms with Gasteiger partial charge in [-0.2, -0.15) is 0 Å². The molecule has 0 heterocycles. The molecule has 0 spiro atoms. The third-order valence-corrected chi connectivity index (χ3v) is 3.63. The first-order valence-electron chi connectivity index (χ1n) is 5.87. The van der Waals surface area contributed by atoms with E-state index in [-0.39, 0.29) is 16.2 Å². The number of anilines is 1. The molecule has 0 amide bonds. The van der Waals surface area contributed by atoms with Crippen molar-refractivity contribution in [2.24, 2.45) is 5.92 Å². The van der Waals surface area contributed by atoms with Crippen molar-refractivity contribution in [3.63, 3.8) is 0 Å². The van der Waals surface area contributed by atoms with Gasteiger partial charge in [0.2, 0.25) is 0 Å². The molecule has 4 nitrogen and oxygen atoms in total. The van der Waals surface area contributed by atoms with Gasteiger partial charge in [-0.15, -0.1) is 0 Å². The minimum atomic E-state index is -0.623. The molecule has 0 aliphatic heterocycles. The highest BCUT2D eigenvalue weighted by Crippen LogP contribution is 2.36. The Morgan fingerprint density at radius 2 is 2.28 bits per heavy atom. The highest BCUT2D eigenvalue weighted by atomic mass is 79.9. The molecule has 0 saturated heterocycles. The second kappa shape index (κ2) is 5.22. The van der Waals surface area contributed by atoms with Gasteiger partial charge in [-0.05, 0) is 41.3 Å². The maximum atomic E-state index is 13.3. The van der Waals surface area contributed by atoms with E-state index in [9.17, 15) is 14.5 Å². The Labute approximate surface area is 113 Å². The molecule has 1 saturated carbocycles. The predicted octanol–water partition coefficient (Wildman–Crippen LogP) is 4.10. The highest BCUT2D eigenvalue weighted by Gasteiger charge is 2.25. The maximum absolute atomic E-state index is 13.3. The zero-order chi connectivity index (χ0) is 13.3. The molecule has 0 radical (unpaired) electrons. The standard InChI is InChI=1S/C12H14BrFN2O2/c1-7(4-8-2-3-8)15-11-5-9(13)10(14)6-12(11)16(17)18/h5-8,15H,2-4H2,1H3. The lowest BCUT2D eigenvalue weighted by atomic mass is 10.1. The van der Waals surface area contributed by atoms with E-state index in [1.807, 2.05) is 6.92 Å². The van der Waals surface area contributed by atoms with Crippen LogP contribution in [0.1, 0.15) is 26.2 Å². The van der Waals surface area contributed by atoms with Crippen LogP contribution in [-0.2, 0) is 0 Å². The predicted molar refractivity (Wildman–Crippen MR) is 71.2 cm³/mol. The molecular formula is C12H14BrFN2O2. The van der Waals surface area contributed by atoms with E-state index >= 15 is 0 Å².